The zero-order valence-electron chi connectivity index (χ0n) is 12.8. The van der Waals surface area contributed by atoms with Gasteiger partial charge in [0.15, 0.2) is 0 Å². The zero-order chi connectivity index (χ0) is 16.9. The maximum Gasteiger partial charge on any atom is 0.255 e. The fraction of sp³-hybridized carbons (Fsp3) is 0.0526. The van der Waals surface area contributed by atoms with E-state index in [0.29, 0.717) is 5.69 Å². The lowest BCUT2D eigenvalue weighted by Crippen LogP contribution is -2.20. The van der Waals surface area contributed by atoms with Crippen LogP contribution in [0.1, 0.15) is 5.56 Å². The Bertz CT molecular complexity index is 920. The molecule has 4 nitrogen and oxygen atoms in total. The monoisotopic (exact) mass is 382 g/mol. The minimum absolute atomic E-state index is 0.139. The Kier molecular flexibility index (Phi) is 4.91. The molecule has 3 aromatic rings. The molecule has 0 saturated heterocycles. The van der Waals surface area contributed by atoms with Crippen LogP contribution in [0.5, 0.6) is 0 Å². The van der Waals surface area contributed by atoms with Gasteiger partial charge >= 0.3 is 0 Å². The van der Waals surface area contributed by atoms with Crippen LogP contribution in [0.4, 0.5) is 5.69 Å². The van der Waals surface area contributed by atoms with Gasteiger partial charge < -0.3 is 5.32 Å². The number of carbonyl (C=O) groups excluding carboxylic acids is 1. The van der Waals surface area contributed by atoms with E-state index in [9.17, 15) is 9.59 Å². The van der Waals surface area contributed by atoms with Crippen LogP contribution in [0.25, 0.3) is 5.69 Å². The van der Waals surface area contributed by atoms with Gasteiger partial charge in [-0.1, -0.05) is 52.3 Å². The Labute approximate surface area is 147 Å². The van der Waals surface area contributed by atoms with Crippen LogP contribution in [-0.4, -0.2) is 10.5 Å². The number of anilines is 1. The second-order valence-electron chi connectivity index (χ2n) is 5.28. The van der Waals surface area contributed by atoms with E-state index in [1.165, 1.54) is 10.6 Å². The highest BCUT2D eigenvalue weighted by atomic mass is 79.9. The largest absolute Gasteiger partial charge is 0.324 e. The van der Waals surface area contributed by atoms with Gasteiger partial charge in [-0.05, 0) is 29.8 Å². The summed E-state index contributed by atoms with van der Waals surface area (Å²) in [5.74, 6) is -0.139. The molecule has 0 aliphatic carbocycles. The first-order valence-electron chi connectivity index (χ1n) is 7.45. The summed E-state index contributed by atoms with van der Waals surface area (Å²) in [5.41, 5.74) is 2.09. The molecule has 1 heterocycles. The second kappa shape index (κ2) is 7.27. The molecule has 3 rings (SSSR count). The molecular weight excluding hydrogens is 368 g/mol. The van der Waals surface area contributed by atoms with Crippen molar-refractivity contribution in [3.05, 3.63) is 93.3 Å². The fourth-order valence-electron chi connectivity index (χ4n) is 2.37. The lowest BCUT2D eigenvalue weighted by molar-refractivity contribution is -0.115. The highest BCUT2D eigenvalue weighted by molar-refractivity contribution is 9.10. The van der Waals surface area contributed by atoms with Crippen LogP contribution in [0, 0.1) is 0 Å². The first-order valence-corrected chi connectivity index (χ1v) is 8.24. The molecule has 0 unspecified atom stereocenters. The summed E-state index contributed by atoms with van der Waals surface area (Å²) in [6.45, 7) is 0. The van der Waals surface area contributed by atoms with Crippen molar-refractivity contribution in [3.63, 3.8) is 0 Å². The van der Waals surface area contributed by atoms with Gasteiger partial charge in [-0.3, -0.25) is 14.2 Å². The van der Waals surface area contributed by atoms with Gasteiger partial charge in [0.1, 0.15) is 0 Å². The number of rotatable bonds is 4. The van der Waals surface area contributed by atoms with Crippen molar-refractivity contribution in [2.24, 2.45) is 0 Å². The molecule has 0 bridgehead atoms. The number of halogens is 1. The van der Waals surface area contributed by atoms with E-state index >= 15 is 0 Å². The Morgan fingerprint density at radius 3 is 2.42 bits per heavy atom. The number of aromatic nitrogens is 1. The molecule has 0 radical (unpaired) electrons. The van der Waals surface area contributed by atoms with Crippen LogP contribution in [0.15, 0.2) is 82.2 Å². The lowest BCUT2D eigenvalue weighted by Gasteiger charge is -2.10. The van der Waals surface area contributed by atoms with E-state index < -0.39 is 0 Å². The van der Waals surface area contributed by atoms with Crippen molar-refractivity contribution in [2.45, 2.75) is 6.42 Å². The van der Waals surface area contributed by atoms with Gasteiger partial charge in [0.05, 0.1) is 12.1 Å². The first-order chi connectivity index (χ1) is 11.6. The lowest BCUT2D eigenvalue weighted by atomic mass is 10.1. The van der Waals surface area contributed by atoms with Crippen LogP contribution < -0.4 is 10.9 Å². The number of para-hydroxylation sites is 1. The van der Waals surface area contributed by atoms with Crippen LogP contribution in [0.2, 0.25) is 0 Å². The molecule has 2 aromatic carbocycles. The zero-order valence-corrected chi connectivity index (χ0v) is 14.4. The first kappa shape index (κ1) is 16.2. The summed E-state index contributed by atoms with van der Waals surface area (Å²) in [4.78, 5) is 24.3. The summed E-state index contributed by atoms with van der Waals surface area (Å²) in [6.07, 6.45) is 1.89. The number of pyridine rings is 1. The highest BCUT2D eigenvalue weighted by Gasteiger charge is 2.08. The molecule has 0 atom stereocenters. The van der Waals surface area contributed by atoms with Gasteiger partial charge in [0.25, 0.3) is 5.56 Å². The van der Waals surface area contributed by atoms with Gasteiger partial charge in [0.2, 0.25) is 5.91 Å². The van der Waals surface area contributed by atoms with E-state index in [4.69, 9.17) is 0 Å². The van der Waals surface area contributed by atoms with Gasteiger partial charge in [0, 0.05) is 22.4 Å². The van der Waals surface area contributed by atoms with E-state index in [-0.39, 0.29) is 17.9 Å². The smallest absolute Gasteiger partial charge is 0.255 e. The Morgan fingerprint density at radius 1 is 0.958 bits per heavy atom. The van der Waals surface area contributed by atoms with Crippen molar-refractivity contribution < 1.29 is 4.79 Å². The molecule has 0 saturated carbocycles. The number of nitrogens with one attached hydrogen (secondary N) is 1. The van der Waals surface area contributed by atoms with Crippen LogP contribution >= 0.6 is 15.9 Å². The molecular formula is C19H15BrN2O2. The minimum atomic E-state index is -0.148. The van der Waals surface area contributed by atoms with Crippen LogP contribution in [0.3, 0.4) is 0 Å². The molecule has 5 heteroatoms. The predicted molar refractivity (Wildman–Crippen MR) is 98.5 cm³/mol. The highest BCUT2D eigenvalue weighted by Crippen LogP contribution is 2.17. The number of benzene rings is 2. The summed E-state index contributed by atoms with van der Waals surface area (Å²) in [6, 6.07) is 19.9. The fourth-order valence-corrected chi connectivity index (χ4v) is 2.80. The van der Waals surface area contributed by atoms with E-state index in [2.05, 4.69) is 21.2 Å². The summed E-state index contributed by atoms with van der Waals surface area (Å²) in [7, 11) is 0. The second-order valence-corrected chi connectivity index (χ2v) is 6.13. The van der Waals surface area contributed by atoms with Crippen molar-refractivity contribution in [1.29, 1.82) is 0 Å². The minimum Gasteiger partial charge on any atom is -0.324 e. The number of carbonyl (C=O) groups is 1. The summed E-state index contributed by atoms with van der Waals surface area (Å²) >= 11 is 3.44. The quantitative estimate of drug-likeness (QED) is 0.746. The van der Waals surface area contributed by atoms with Gasteiger partial charge in [-0.2, -0.15) is 0 Å². The van der Waals surface area contributed by atoms with Gasteiger partial charge in [-0.15, -0.1) is 0 Å². The Balaban J connectivity index is 1.80. The molecule has 1 N–H and O–H groups in total. The average molecular weight is 383 g/mol. The standard InChI is InChI=1S/C19H15BrN2O2/c20-17-9-5-4-6-14(17)12-18(23)21-15-10-11-19(24)22(13-15)16-7-2-1-3-8-16/h1-11,13H,12H2,(H,21,23). The maximum absolute atomic E-state index is 12.2. The van der Waals surface area contributed by atoms with Crippen LogP contribution in [-0.2, 0) is 11.2 Å². The summed E-state index contributed by atoms with van der Waals surface area (Å²) in [5, 5.41) is 2.84. The Morgan fingerprint density at radius 2 is 1.67 bits per heavy atom. The number of amides is 1. The topological polar surface area (TPSA) is 51.1 Å². The number of nitrogens with zero attached hydrogens (tertiary/aromatic N) is 1. The van der Waals surface area contributed by atoms with E-state index in [0.717, 1.165) is 15.7 Å². The third kappa shape index (κ3) is 3.81. The third-order valence-electron chi connectivity index (χ3n) is 3.54. The van der Waals surface area contributed by atoms with Crippen molar-refractivity contribution >= 4 is 27.5 Å². The van der Waals surface area contributed by atoms with E-state index in [1.54, 1.807) is 12.3 Å². The van der Waals surface area contributed by atoms with Crippen molar-refractivity contribution in [2.75, 3.05) is 5.32 Å². The molecule has 0 aliphatic heterocycles. The van der Waals surface area contributed by atoms with Gasteiger partial charge in [-0.25, -0.2) is 0 Å². The average Bonchev–Trinajstić information content (AvgIpc) is 2.59. The summed E-state index contributed by atoms with van der Waals surface area (Å²) < 4.78 is 2.41. The van der Waals surface area contributed by atoms with Crippen molar-refractivity contribution in [3.8, 4) is 5.69 Å². The molecule has 1 amide bonds. The number of hydrogen-bond donors (Lipinski definition) is 1. The van der Waals surface area contributed by atoms with Crippen molar-refractivity contribution in [1.82, 2.24) is 4.57 Å². The molecule has 0 fully saturated rings. The molecule has 0 aliphatic rings. The number of hydrogen-bond acceptors (Lipinski definition) is 2. The molecule has 120 valence electrons. The normalized spacial score (nSPS) is 10.4. The molecule has 24 heavy (non-hydrogen) atoms. The van der Waals surface area contributed by atoms with E-state index in [1.807, 2.05) is 54.6 Å². The predicted octanol–water partition coefficient (Wildman–Crippen LogP) is 3.78. The maximum atomic E-state index is 12.2. The Hall–Kier alpha value is -2.66. The molecule has 1 aromatic heterocycles. The molecule has 0 spiro atoms. The SMILES string of the molecule is O=C(Cc1ccccc1Br)Nc1ccc(=O)n(-c2ccccc2)c1. The third-order valence-corrected chi connectivity index (χ3v) is 4.31.